The van der Waals surface area contributed by atoms with Crippen LogP contribution in [0, 0.1) is 12.8 Å². The number of halogens is 3. The van der Waals surface area contributed by atoms with Gasteiger partial charge in [0.2, 0.25) is 0 Å². The fourth-order valence-corrected chi connectivity index (χ4v) is 5.69. The Hall–Kier alpha value is -4.34. The first-order chi connectivity index (χ1) is 20.1. The van der Waals surface area contributed by atoms with Gasteiger partial charge in [0.05, 0.1) is 37.5 Å². The summed E-state index contributed by atoms with van der Waals surface area (Å²) in [7, 11) is 3.19. The van der Waals surface area contributed by atoms with Crippen molar-refractivity contribution in [3.63, 3.8) is 0 Å². The summed E-state index contributed by atoms with van der Waals surface area (Å²) in [6.07, 6.45) is -2.76. The minimum Gasteiger partial charge on any atom is -0.497 e. The molecular weight excluding hydrogens is 545 g/mol. The number of ether oxygens (including phenoxy) is 2. The lowest BCUT2D eigenvalue weighted by Crippen LogP contribution is -2.32. The summed E-state index contributed by atoms with van der Waals surface area (Å²) in [5.41, 5.74) is 2.09. The monoisotopic (exact) mass is 578 g/mol. The number of nitrogens with one attached hydrogen (secondary N) is 1. The fourth-order valence-electron chi connectivity index (χ4n) is 5.69. The number of anilines is 1. The van der Waals surface area contributed by atoms with Gasteiger partial charge in [-0.2, -0.15) is 13.2 Å². The van der Waals surface area contributed by atoms with Crippen LogP contribution in [-0.4, -0.2) is 29.2 Å². The van der Waals surface area contributed by atoms with E-state index in [-0.39, 0.29) is 29.2 Å². The molecule has 1 N–H and O–H groups in total. The van der Waals surface area contributed by atoms with Gasteiger partial charge in [-0.3, -0.25) is 4.79 Å². The molecule has 4 aromatic rings. The van der Waals surface area contributed by atoms with E-state index < -0.39 is 17.7 Å². The van der Waals surface area contributed by atoms with Crippen LogP contribution in [-0.2, 0) is 32.1 Å². The van der Waals surface area contributed by atoms with Crippen molar-refractivity contribution in [2.45, 2.75) is 51.9 Å². The number of nitrogens with zero attached hydrogens (tertiary/aromatic N) is 3. The van der Waals surface area contributed by atoms with Crippen LogP contribution in [0.4, 0.5) is 19.0 Å². The highest BCUT2D eigenvalue weighted by molar-refractivity contribution is 5.50. The molecule has 2 aromatic heterocycles. The molecule has 0 saturated heterocycles. The van der Waals surface area contributed by atoms with E-state index in [1.807, 2.05) is 60.4 Å². The average Bonchev–Trinajstić information content (AvgIpc) is 2.96. The molecule has 7 nitrogen and oxygen atoms in total. The van der Waals surface area contributed by atoms with Crippen molar-refractivity contribution < 1.29 is 22.6 Å². The molecule has 1 aliphatic carbocycles. The van der Waals surface area contributed by atoms with E-state index in [9.17, 15) is 18.0 Å². The quantitative estimate of drug-likeness (QED) is 0.267. The maximum absolute atomic E-state index is 14.6. The molecule has 10 heteroatoms. The van der Waals surface area contributed by atoms with Gasteiger partial charge in [0.15, 0.2) is 0 Å². The molecule has 2 atom stereocenters. The number of aromatic amines is 1. The Morgan fingerprint density at radius 2 is 1.52 bits per heavy atom. The van der Waals surface area contributed by atoms with Gasteiger partial charge in [-0.25, -0.2) is 9.97 Å². The minimum atomic E-state index is -4.59. The molecule has 0 aliphatic heterocycles. The second kappa shape index (κ2) is 11.9. The highest BCUT2D eigenvalue weighted by Crippen LogP contribution is 2.43. The van der Waals surface area contributed by atoms with E-state index in [4.69, 9.17) is 14.5 Å². The van der Waals surface area contributed by atoms with Gasteiger partial charge in [-0.15, -0.1) is 0 Å². The summed E-state index contributed by atoms with van der Waals surface area (Å²) in [6.45, 7) is 4.18. The molecule has 2 unspecified atom stereocenters. The zero-order valence-corrected chi connectivity index (χ0v) is 24.0. The molecule has 5 rings (SSSR count). The van der Waals surface area contributed by atoms with Gasteiger partial charge in [-0.1, -0.05) is 31.2 Å². The minimum absolute atomic E-state index is 0.00723. The lowest BCUT2D eigenvalue weighted by atomic mass is 9.75. The Morgan fingerprint density at radius 1 is 0.952 bits per heavy atom. The molecule has 0 fully saturated rings. The van der Waals surface area contributed by atoms with Crippen LogP contribution in [0.3, 0.4) is 0 Å². The molecule has 0 amide bonds. The van der Waals surface area contributed by atoms with Crippen LogP contribution in [0.15, 0.2) is 65.7 Å². The Labute approximate surface area is 242 Å². The number of pyridine rings is 1. The smallest absolute Gasteiger partial charge is 0.418 e. The van der Waals surface area contributed by atoms with Crippen LogP contribution in [0.5, 0.6) is 11.5 Å². The summed E-state index contributed by atoms with van der Waals surface area (Å²) in [5, 5.41) is 0. The number of alkyl halides is 3. The molecule has 1 aliphatic rings. The first kappa shape index (κ1) is 29.2. The highest BCUT2D eigenvalue weighted by atomic mass is 19.4. The maximum Gasteiger partial charge on any atom is 0.418 e. The second-order valence-electron chi connectivity index (χ2n) is 10.8. The third kappa shape index (κ3) is 6.12. The summed E-state index contributed by atoms with van der Waals surface area (Å²) < 4.78 is 54.3. The molecular formula is C32H33F3N4O3. The lowest BCUT2D eigenvalue weighted by Gasteiger charge is -2.33. The van der Waals surface area contributed by atoms with Crippen LogP contribution >= 0.6 is 0 Å². The number of aryl methyl sites for hydroxylation is 1. The summed E-state index contributed by atoms with van der Waals surface area (Å²) >= 11 is 0. The van der Waals surface area contributed by atoms with E-state index in [0.717, 1.165) is 11.1 Å². The first-order valence-electron chi connectivity index (χ1n) is 13.7. The van der Waals surface area contributed by atoms with Crippen molar-refractivity contribution in [3.8, 4) is 11.5 Å². The van der Waals surface area contributed by atoms with Gasteiger partial charge in [-0.05, 0) is 72.7 Å². The summed E-state index contributed by atoms with van der Waals surface area (Å²) in [6, 6.07) is 16.7. The highest BCUT2D eigenvalue weighted by Gasteiger charge is 2.41. The Kier molecular flexibility index (Phi) is 8.24. The van der Waals surface area contributed by atoms with Gasteiger partial charge in [0, 0.05) is 24.6 Å². The molecule has 42 heavy (non-hydrogen) atoms. The van der Waals surface area contributed by atoms with Crippen molar-refractivity contribution in [1.82, 2.24) is 15.0 Å². The zero-order valence-electron chi connectivity index (χ0n) is 24.0. The van der Waals surface area contributed by atoms with Crippen molar-refractivity contribution in [2.75, 3.05) is 19.1 Å². The van der Waals surface area contributed by atoms with Crippen LogP contribution in [0.2, 0.25) is 0 Å². The predicted molar refractivity (Wildman–Crippen MR) is 154 cm³/mol. The number of methoxy groups -OCH3 is 2. The van der Waals surface area contributed by atoms with Crippen LogP contribution in [0.25, 0.3) is 0 Å². The lowest BCUT2D eigenvalue weighted by molar-refractivity contribution is -0.139. The fraction of sp³-hybridized carbons (Fsp3) is 0.344. The second-order valence-corrected chi connectivity index (χ2v) is 10.8. The number of benzene rings is 2. The van der Waals surface area contributed by atoms with Crippen molar-refractivity contribution in [1.29, 1.82) is 0 Å². The third-order valence-corrected chi connectivity index (χ3v) is 7.92. The first-order valence-corrected chi connectivity index (χ1v) is 13.7. The molecule has 0 saturated carbocycles. The van der Waals surface area contributed by atoms with E-state index in [1.165, 1.54) is 19.3 Å². The summed E-state index contributed by atoms with van der Waals surface area (Å²) in [5.74, 6) is 1.06. The van der Waals surface area contributed by atoms with Crippen LogP contribution < -0.4 is 19.9 Å². The average molecular weight is 579 g/mol. The zero-order chi connectivity index (χ0) is 30.0. The topological polar surface area (TPSA) is 80.3 Å². The molecule has 0 spiro atoms. The number of hydrogen-bond donors (Lipinski definition) is 1. The number of aromatic nitrogens is 3. The maximum atomic E-state index is 14.6. The largest absolute Gasteiger partial charge is 0.497 e. The molecule has 0 radical (unpaired) electrons. The third-order valence-electron chi connectivity index (χ3n) is 7.92. The molecule has 0 bridgehead atoms. The molecule has 2 heterocycles. The number of H-pyrrole nitrogens is 1. The standard InChI is InChI=1S/C32H33F3N4O3/c1-19-13-26-27(36-18-37-31(26)40)15-25(19)30-29(32(33,34)35)20(2)14-28(38-30)39(16-21-5-9-23(41-3)10-6-21)17-22-7-11-24(42-4)12-8-22/h5-12,14,18-19,25H,13,15-17H2,1-4H3,(H,36,37,40). The Bertz CT molecular complexity index is 1550. The van der Waals surface area contributed by atoms with E-state index >= 15 is 0 Å². The van der Waals surface area contributed by atoms with Crippen LogP contribution in [0.1, 0.15) is 52.0 Å². The van der Waals surface area contributed by atoms with Crippen molar-refractivity contribution in [2.24, 2.45) is 5.92 Å². The van der Waals surface area contributed by atoms with E-state index in [2.05, 4.69) is 9.97 Å². The Morgan fingerprint density at radius 3 is 2.05 bits per heavy atom. The van der Waals surface area contributed by atoms with Gasteiger partial charge < -0.3 is 19.4 Å². The number of rotatable bonds is 8. The predicted octanol–water partition coefficient (Wildman–Crippen LogP) is 6.23. The van der Waals surface area contributed by atoms with Gasteiger partial charge >= 0.3 is 6.18 Å². The molecule has 220 valence electrons. The summed E-state index contributed by atoms with van der Waals surface area (Å²) in [4.78, 5) is 26.0. The van der Waals surface area contributed by atoms with E-state index in [1.54, 1.807) is 14.2 Å². The SMILES string of the molecule is COc1ccc(CN(Cc2ccc(OC)cc2)c2cc(C)c(C(F)(F)F)c(C3Cc4nc[nH]c(=O)c4CC3C)n2)cc1. The Balaban J connectivity index is 1.60. The van der Waals surface area contributed by atoms with Gasteiger partial charge in [0.1, 0.15) is 17.3 Å². The van der Waals surface area contributed by atoms with E-state index in [0.29, 0.717) is 48.1 Å². The molecule has 2 aromatic carbocycles. The number of hydrogen-bond acceptors (Lipinski definition) is 6. The van der Waals surface area contributed by atoms with Crippen molar-refractivity contribution >= 4 is 5.82 Å². The normalized spacial score (nSPS) is 16.5. The number of fused-ring (bicyclic) bond motifs is 1. The van der Waals surface area contributed by atoms with Crippen molar-refractivity contribution in [3.05, 3.63) is 110 Å². The van der Waals surface area contributed by atoms with Gasteiger partial charge in [0.25, 0.3) is 5.56 Å².